The van der Waals surface area contributed by atoms with Gasteiger partial charge in [-0.1, -0.05) is 36.4 Å². The molecule has 1 amide bonds. The van der Waals surface area contributed by atoms with Crippen LogP contribution in [0.3, 0.4) is 0 Å². The third kappa shape index (κ3) is 4.58. The summed E-state index contributed by atoms with van der Waals surface area (Å²) in [6, 6.07) is 12.2. The SMILES string of the molecule is CC1=C(C(=O)OC(C)(C)C)[C@@H](c2ccccc2F)CC(=O)N1Cc1ccccc1F. The zero-order valence-corrected chi connectivity index (χ0v) is 17.5. The van der Waals surface area contributed by atoms with Gasteiger partial charge in [0, 0.05) is 23.6 Å². The zero-order valence-electron chi connectivity index (χ0n) is 17.5. The zero-order chi connectivity index (χ0) is 22.1. The second-order valence-electron chi connectivity index (χ2n) is 8.35. The molecule has 1 heterocycles. The molecule has 0 N–H and O–H groups in total. The molecule has 0 spiro atoms. The van der Waals surface area contributed by atoms with Gasteiger partial charge in [-0.3, -0.25) is 4.79 Å². The van der Waals surface area contributed by atoms with E-state index in [1.54, 1.807) is 64.1 Å². The van der Waals surface area contributed by atoms with Crippen molar-refractivity contribution in [3.05, 3.63) is 82.6 Å². The molecule has 4 nitrogen and oxygen atoms in total. The number of allylic oxidation sites excluding steroid dienone is 1. The summed E-state index contributed by atoms with van der Waals surface area (Å²) in [5.74, 6) is -2.62. The molecule has 0 saturated heterocycles. The van der Waals surface area contributed by atoms with Crippen molar-refractivity contribution in [3.8, 4) is 0 Å². The standard InChI is InChI=1S/C24H25F2NO3/c1-15-22(23(29)30-24(2,3)4)18(17-10-6-8-12-20(17)26)13-21(28)27(15)14-16-9-5-7-11-19(16)25/h5-12,18H,13-14H2,1-4H3/t18-/m1/s1. The number of hydrogen-bond donors (Lipinski definition) is 0. The summed E-state index contributed by atoms with van der Waals surface area (Å²) in [6.07, 6.45) is -0.110. The van der Waals surface area contributed by atoms with E-state index in [4.69, 9.17) is 4.74 Å². The van der Waals surface area contributed by atoms with Crippen LogP contribution in [0.4, 0.5) is 8.78 Å². The summed E-state index contributed by atoms with van der Waals surface area (Å²) < 4.78 is 34.3. The summed E-state index contributed by atoms with van der Waals surface area (Å²) in [5.41, 5.74) is 0.389. The molecule has 0 fully saturated rings. The van der Waals surface area contributed by atoms with Crippen molar-refractivity contribution >= 4 is 11.9 Å². The summed E-state index contributed by atoms with van der Waals surface area (Å²) >= 11 is 0. The Balaban J connectivity index is 2.09. The van der Waals surface area contributed by atoms with Crippen LogP contribution in [0.1, 0.15) is 51.2 Å². The van der Waals surface area contributed by atoms with Gasteiger partial charge in [0.2, 0.25) is 5.91 Å². The molecule has 6 heteroatoms. The fourth-order valence-corrected chi connectivity index (χ4v) is 3.62. The lowest BCUT2D eigenvalue weighted by molar-refractivity contribution is -0.150. The molecule has 0 aliphatic carbocycles. The smallest absolute Gasteiger partial charge is 0.336 e. The minimum Gasteiger partial charge on any atom is -0.457 e. The fourth-order valence-electron chi connectivity index (χ4n) is 3.62. The highest BCUT2D eigenvalue weighted by Gasteiger charge is 2.39. The van der Waals surface area contributed by atoms with Crippen LogP contribution in [0.15, 0.2) is 59.8 Å². The minimum atomic E-state index is -0.773. The van der Waals surface area contributed by atoms with Crippen molar-refractivity contribution in [2.75, 3.05) is 0 Å². The first-order chi connectivity index (χ1) is 14.1. The predicted molar refractivity (Wildman–Crippen MR) is 109 cm³/mol. The Morgan fingerprint density at radius 2 is 1.67 bits per heavy atom. The normalized spacial score (nSPS) is 17.3. The number of carbonyl (C=O) groups is 2. The Labute approximate surface area is 175 Å². The Morgan fingerprint density at radius 3 is 2.27 bits per heavy atom. The third-order valence-electron chi connectivity index (χ3n) is 5.01. The summed E-state index contributed by atoms with van der Waals surface area (Å²) in [4.78, 5) is 27.4. The highest BCUT2D eigenvalue weighted by Crippen LogP contribution is 2.39. The number of esters is 1. The first-order valence-electron chi connectivity index (χ1n) is 9.81. The van der Waals surface area contributed by atoms with E-state index in [0.717, 1.165) is 0 Å². The van der Waals surface area contributed by atoms with Crippen molar-refractivity contribution in [2.45, 2.75) is 52.2 Å². The maximum absolute atomic E-state index is 14.6. The highest BCUT2D eigenvalue weighted by molar-refractivity contribution is 5.96. The molecule has 30 heavy (non-hydrogen) atoms. The number of carbonyl (C=O) groups excluding carboxylic acids is 2. The van der Waals surface area contributed by atoms with Crippen LogP contribution in [0, 0.1) is 11.6 Å². The maximum atomic E-state index is 14.6. The number of halogens is 2. The minimum absolute atomic E-state index is 0.0202. The largest absolute Gasteiger partial charge is 0.457 e. The monoisotopic (exact) mass is 413 g/mol. The van der Waals surface area contributed by atoms with Crippen molar-refractivity contribution < 1.29 is 23.1 Å². The lowest BCUT2D eigenvalue weighted by Crippen LogP contribution is -2.39. The van der Waals surface area contributed by atoms with Crippen molar-refractivity contribution in [2.24, 2.45) is 0 Å². The molecule has 158 valence electrons. The second kappa shape index (κ2) is 8.38. The van der Waals surface area contributed by atoms with E-state index in [-0.39, 0.29) is 30.0 Å². The van der Waals surface area contributed by atoms with E-state index in [1.807, 2.05) is 0 Å². The lowest BCUT2D eigenvalue weighted by Gasteiger charge is -2.35. The third-order valence-corrected chi connectivity index (χ3v) is 5.01. The van der Waals surface area contributed by atoms with Gasteiger partial charge in [-0.25, -0.2) is 13.6 Å². The van der Waals surface area contributed by atoms with E-state index < -0.39 is 29.1 Å². The van der Waals surface area contributed by atoms with E-state index >= 15 is 0 Å². The van der Waals surface area contributed by atoms with Crippen LogP contribution in [0.5, 0.6) is 0 Å². The molecule has 1 aliphatic heterocycles. The topological polar surface area (TPSA) is 46.6 Å². The van der Waals surface area contributed by atoms with Crippen molar-refractivity contribution in [1.29, 1.82) is 0 Å². The number of hydrogen-bond acceptors (Lipinski definition) is 3. The van der Waals surface area contributed by atoms with Gasteiger partial charge in [0.05, 0.1) is 12.1 Å². The Kier molecular flexibility index (Phi) is 6.06. The van der Waals surface area contributed by atoms with Crippen LogP contribution in [0.25, 0.3) is 0 Å². The molecule has 0 unspecified atom stereocenters. The Hall–Kier alpha value is -3.02. The molecule has 0 aromatic heterocycles. The van der Waals surface area contributed by atoms with Gasteiger partial charge in [-0.2, -0.15) is 0 Å². The average molecular weight is 413 g/mol. The summed E-state index contributed by atoms with van der Waals surface area (Å²) in [7, 11) is 0. The first-order valence-corrected chi connectivity index (χ1v) is 9.81. The van der Waals surface area contributed by atoms with Crippen molar-refractivity contribution in [1.82, 2.24) is 4.90 Å². The van der Waals surface area contributed by atoms with Crippen LogP contribution < -0.4 is 0 Å². The number of amides is 1. The van der Waals surface area contributed by atoms with Gasteiger partial charge >= 0.3 is 5.97 Å². The number of nitrogens with zero attached hydrogens (tertiary/aromatic N) is 1. The number of rotatable bonds is 4. The molecule has 2 aromatic rings. The molecular formula is C24H25F2NO3. The number of ether oxygens (including phenoxy) is 1. The lowest BCUT2D eigenvalue weighted by atomic mass is 9.83. The van der Waals surface area contributed by atoms with Gasteiger partial charge < -0.3 is 9.64 Å². The first kappa shape index (κ1) is 21.7. The highest BCUT2D eigenvalue weighted by atomic mass is 19.1. The van der Waals surface area contributed by atoms with Gasteiger partial charge in [-0.15, -0.1) is 0 Å². The fraction of sp³-hybridized carbons (Fsp3) is 0.333. The van der Waals surface area contributed by atoms with Crippen molar-refractivity contribution in [3.63, 3.8) is 0 Å². The van der Waals surface area contributed by atoms with Gasteiger partial charge in [0.15, 0.2) is 0 Å². The molecule has 1 atom stereocenters. The Bertz CT molecular complexity index is 1010. The van der Waals surface area contributed by atoms with Gasteiger partial charge in [0.1, 0.15) is 17.2 Å². The molecule has 3 rings (SSSR count). The molecule has 0 saturated carbocycles. The average Bonchev–Trinajstić information content (AvgIpc) is 2.65. The van der Waals surface area contributed by atoms with E-state index in [1.165, 1.54) is 17.0 Å². The van der Waals surface area contributed by atoms with Crippen LogP contribution in [-0.2, 0) is 20.9 Å². The van der Waals surface area contributed by atoms with Crippen LogP contribution >= 0.6 is 0 Å². The predicted octanol–water partition coefficient (Wildman–Crippen LogP) is 5.10. The molecule has 0 bridgehead atoms. The maximum Gasteiger partial charge on any atom is 0.336 e. The van der Waals surface area contributed by atoms with Gasteiger partial charge in [0.25, 0.3) is 0 Å². The van der Waals surface area contributed by atoms with Gasteiger partial charge in [-0.05, 0) is 45.4 Å². The molecule has 0 radical (unpaired) electrons. The quantitative estimate of drug-likeness (QED) is 0.656. The van der Waals surface area contributed by atoms with E-state index in [0.29, 0.717) is 11.3 Å². The summed E-state index contributed by atoms with van der Waals surface area (Å²) in [5, 5.41) is 0. The van der Waals surface area contributed by atoms with E-state index in [9.17, 15) is 18.4 Å². The molecule has 1 aliphatic rings. The van der Waals surface area contributed by atoms with E-state index in [2.05, 4.69) is 0 Å². The molecule has 2 aromatic carbocycles. The second-order valence-corrected chi connectivity index (χ2v) is 8.35. The van der Waals surface area contributed by atoms with Crippen LogP contribution in [-0.4, -0.2) is 22.4 Å². The summed E-state index contributed by atoms with van der Waals surface area (Å²) in [6.45, 7) is 6.82. The molecular weight excluding hydrogens is 388 g/mol. The van der Waals surface area contributed by atoms with Crippen LogP contribution in [0.2, 0.25) is 0 Å². The Morgan fingerprint density at radius 1 is 1.07 bits per heavy atom. The number of benzene rings is 2.